The van der Waals surface area contributed by atoms with E-state index in [1.807, 2.05) is 7.05 Å². The molecule has 0 saturated heterocycles. The van der Waals surface area contributed by atoms with Crippen molar-refractivity contribution in [2.75, 3.05) is 39.9 Å². The van der Waals surface area contributed by atoms with Crippen LogP contribution in [0.4, 0.5) is 0 Å². The molecule has 0 aromatic carbocycles. The zero-order valence-electron chi connectivity index (χ0n) is 16.4. The normalized spacial score (nSPS) is 11.8. The monoisotopic (exact) mass is 343 g/mol. The van der Waals surface area contributed by atoms with Gasteiger partial charge in [0.1, 0.15) is 0 Å². The second-order valence-electron chi connectivity index (χ2n) is 7.70. The molecule has 2 amide bonds. The van der Waals surface area contributed by atoms with Crippen LogP contribution in [0.25, 0.3) is 0 Å². The molecule has 0 spiro atoms. The first-order valence-corrected chi connectivity index (χ1v) is 8.93. The summed E-state index contributed by atoms with van der Waals surface area (Å²) in [5.41, 5.74) is 0.228. The summed E-state index contributed by atoms with van der Waals surface area (Å²) in [6.45, 7) is 13.4. The Balaban J connectivity index is 3.50. The van der Waals surface area contributed by atoms with Crippen LogP contribution in [0.3, 0.4) is 0 Å². The lowest BCUT2D eigenvalue weighted by Gasteiger charge is -2.20. The second kappa shape index (κ2) is 12.3. The fraction of sp³-hybridized carbons (Fsp3) is 0.889. The van der Waals surface area contributed by atoms with Crippen molar-refractivity contribution in [1.82, 2.24) is 15.5 Å². The van der Waals surface area contributed by atoms with Crippen LogP contribution in [0.2, 0.25) is 0 Å². The van der Waals surface area contributed by atoms with E-state index >= 15 is 0 Å². The molecule has 0 aromatic rings. The Morgan fingerprint density at radius 1 is 1.00 bits per heavy atom. The lowest BCUT2D eigenvalue weighted by Crippen LogP contribution is -2.33. The first-order valence-electron chi connectivity index (χ1n) is 8.93. The zero-order valence-corrected chi connectivity index (χ0v) is 16.4. The van der Waals surface area contributed by atoms with Gasteiger partial charge in [0.05, 0.1) is 13.2 Å². The Kier molecular flexibility index (Phi) is 11.7. The molecule has 0 aromatic heterocycles. The van der Waals surface area contributed by atoms with Gasteiger partial charge in [-0.15, -0.1) is 0 Å². The van der Waals surface area contributed by atoms with Crippen molar-refractivity contribution >= 4 is 11.8 Å². The van der Waals surface area contributed by atoms with E-state index < -0.39 is 0 Å². The number of rotatable bonds is 12. The quantitative estimate of drug-likeness (QED) is 0.530. The number of hydrogen-bond acceptors (Lipinski definition) is 4. The van der Waals surface area contributed by atoms with Gasteiger partial charge in [-0.05, 0) is 32.7 Å². The summed E-state index contributed by atoms with van der Waals surface area (Å²) < 4.78 is 5.38. The van der Waals surface area contributed by atoms with E-state index in [2.05, 4.69) is 50.2 Å². The molecule has 0 rings (SSSR count). The third-order valence-electron chi connectivity index (χ3n) is 3.81. The van der Waals surface area contributed by atoms with Crippen LogP contribution in [0.15, 0.2) is 0 Å². The van der Waals surface area contributed by atoms with Crippen LogP contribution in [0, 0.1) is 5.41 Å². The van der Waals surface area contributed by atoms with Crippen molar-refractivity contribution in [2.45, 2.75) is 59.9 Å². The van der Waals surface area contributed by atoms with Gasteiger partial charge in [-0.25, -0.2) is 0 Å². The molecule has 6 heteroatoms. The highest BCUT2D eigenvalue weighted by Crippen LogP contribution is 2.16. The van der Waals surface area contributed by atoms with Crippen LogP contribution < -0.4 is 10.6 Å². The molecule has 0 unspecified atom stereocenters. The smallest absolute Gasteiger partial charge is 0.222 e. The predicted molar refractivity (Wildman–Crippen MR) is 97.9 cm³/mol. The van der Waals surface area contributed by atoms with E-state index in [-0.39, 0.29) is 17.2 Å². The highest BCUT2D eigenvalue weighted by Gasteiger charge is 2.10. The Bertz CT molecular complexity index is 365. The molecular formula is C18H37N3O3. The third-order valence-corrected chi connectivity index (χ3v) is 3.81. The number of carbonyl (C=O) groups is 2. The molecule has 24 heavy (non-hydrogen) atoms. The number of nitrogens with one attached hydrogen (secondary N) is 2. The van der Waals surface area contributed by atoms with Gasteiger partial charge < -0.3 is 20.3 Å². The highest BCUT2D eigenvalue weighted by molar-refractivity contribution is 5.76. The number of nitrogens with zero attached hydrogens (tertiary/aromatic N) is 1. The average Bonchev–Trinajstić information content (AvgIpc) is 2.46. The van der Waals surface area contributed by atoms with E-state index in [4.69, 9.17) is 4.74 Å². The van der Waals surface area contributed by atoms with Crippen LogP contribution >= 0.6 is 0 Å². The van der Waals surface area contributed by atoms with Crippen molar-refractivity contribution < 1.29 is 14.3 Å². The minimum absolute atomic E-state index is 0.0139. The van der Waals surface area contributed by atoms with E-state index in [9.17, 15) is 9.59 Å². The molecular weight excluding hydrogens is 306 g/mol. The van der Waals surface area contributed by atoms with Crippen LogP contribution in [-0.2, 0) is 14.3 Å². The van der Waals surface area contributed by atoms with Gasteiger partial charge >= 0.3 is 0 Å². The summed E-state index contributed by atoms with van der Waals surface area (Å²) >= 11 is 0. The largest absolute Gasteiger partial charge is 0.379 e. The molecule has 0 radical (unpaired) electrons. The van der Waals surface area contributed by atoms with Crippen molar-refractivity contribution in [3.63, 3.8) is 0 Å². The third kappa shape index (κ3) is 14.5. The fourth-order valence-electron chi connectivity index (χ4n) is 1.82. The van der Waals surface area contributed by atoms with Crippen molar-refractivity contribution in [3.8, 4) is 0 Å². The zero-order chi connectivity index (χ0) is 18.6. The van der Waals surface area contributed by atoms with Gasteiger partial charge in [-0.1, -0.05) is 20.8 Å². The minimum Gasteiger partial charge on any atom is -0.379 e. The summed E-state index contributed by atoms with van der Waals surface area (Å²) in [5, 5.41) is 5.72. The molecule has 0 aliphatic rings. The molecule has 0 saturated carbocycles. The number of carbonyl (C=O) groups excluding carboxylic acids is 2. The van der Waals surface area contributed by atoms with Gasteiger partial charge in [0.15, 0.2) is 0 Å². The predicted octanol–water partition coefficient (Wildman–Crippen LogP) is 1.79. The van der Waals surface area contributed by atoms with Crippen LogP contribution in [0.5, 0.6) is 0 Å². The van der Waals surface area contributed by atoms with E-state index in [1.54, 1.807) is 0 Å². The summed E-state index contributed by atoms with van der Waals surface area (Å²) in [6.07, 6.45) is 1.81. The molecule has 0 bridgehead atoms. The lowest BCUT2D eigenvalue weighted by atomic mass is 9.92. The number of amides is 2. The fourth-order valence-corrected chi connectivity index (χ4v) is 1.82. The van der Waals surface area contributed by atoms with Crippen molar-refractivity contribution in [1.29, 1.82) is 0 Å². The Morgan fingerprint density at radius 3 is 2.17 bits per heavy atom. The lowest BCUT2D eigenvalue weighted by molar-refractivity contribution is -0.123. The molecule has 142 valence electrons. The topological polar surface area (TPSA) is 70.7 Å². The maximum absolute atomic E-state index is 11.7. The van der Waals surface area contributed by atoms with Gasteiger partial charge in [-0.3, -0.25) is 9.59 Å². The van der Waals surface area contributed by atoms with Crippen LogP contribution in [-0.4, -0.2) is 62.7 Å². The summed E-state index contributed by atoms with van der Waals surface area (Å²) in [4.78, 5) is 25.4. The Hall–Kier alpha value is -1.14. The molecule has 6 nitrogen and oxygen atoms in total. The number of ether oxygens (including phenoxy) is 1. The van der Waals surface area contributed by atoms with Gasteiger partial charge in [0.25, 0.3) is 0 Å². The summed E-state index contributed by atoms with van der Waals surface area (Å²) in [7, 11) is 2.01. The minimum atomic E-state index is 0.0139. The molecule has 0 heterocycles. The Labute approximate surface area is 147 Å². The van der Waals surface area contributed by atoms with Gasteiger partial charge in [0.2, 0.25) is 11.8 Å². The van der Waals surface area contributed by atoms with E-state index in [0.717, 1.165) is 13.0 Å². The maximum Gasteiger partial charge on any atom is 0.222 e. The van der Waals surface area contributed by atoms with Crippen molar-refractivity contribution in [2.24, 2.45) is 5.41 Å². The SMILES string of the molecule is CC(C)N(C)CCC(=O)NCCOCCC(=O)NCCC(C)(C)C. The van der Waals surface area contributed by atoms with Crippen molar-refractivity contribution in [3.05, 3.63) is 0 Å². The van der Waals surface area contributed by atoms with E-state index in [0.29, 0.717) is 45.2 Å². The van der Waals surface area contributed by atoms with E-state index in [1.165, 1.54) is 0 Å². The first-order chi connectivity index (χ1) is 11.1. The standard InChI is InChI=1S/C18H37N3O3/c1-15(2)21(6)12-7-16(22)20-11-14-24-13-8-17(23)19-10-9-18(3,4)5/h15H,7-14H2,1-6H3,(H,19,23)(H,20,22). The average molecular weight is 344 g/mol. The highest BCUT2D eigenvalue weighted by atomic mass is 16.5. The molecule has 0 fully saturated rings. The second-order valence-corrected chi connectivity index (χ2v) is 7.70. The summed E-state index contributed by atoms with van der Waals surface area (Å²) in [5.74, 6) is 0.0473. The molecule has 2 N–H and O–H groups in total. The van der Waals surface area contributed by atoms with Crippen LogP contribution in [0.1, 0.15) is 53.9 Å². The summed E-state index contributed by atoms with van der Waals surface area (Å²) in [6, 6.07) is 0.440. The van der Waals surface area contributed by atoms with Gasteiger partial charge in [0, 0.05) is 38.5 Å². The Morgan fingerprint density at radius 2 is 1.58 bits per heavy atom. The molecule has 0 atom stereocenters. The van der Waals surface area contributed by atoms with Gasteiger partial charge in [-0.2, -0.15) is 0 Å². The number of hydrogen-bond donors (Lipinski definition) is 2. The first kappa shape index (κ1) is 22.9. The molecule has 0 aliphatic heterocycles. The maximum atomic E-state index is 11.7. The molecule has 0 aliphatic carbocycles.